The van der Waals surface area contributed by atoms with Gasteiger partial charge >= 0.3 is 0 Å². The van der Waals surface area contributed by atoms with E-state index in [2.05, 4.69) is 27.7 Å². The Labute approximate surface area is 356 Å². The number of benzene rings is 3. The summed E-state index contributed by atoms with van der Waals surface area (Å²) in [5.41, 5.74) is 2.92. The van der Waals surface area contributed by atoms with E-state index in [9.17, 15) is 20.1 Å². The molecule has 2 aliphatic rings. The van der Waals surface area contributed by atoms with Crippen molar-refractivity contribution in [3.05, 3.63) is 119 Å². The first-order chi connectivity index (χ1) is 29.2. The lowest BCUT2D eigenvalue weighted by Gasteiger charge is -2.29. The number of phenols is 1. The second kappa shape index (κ2) is 22.9. The summed E-state index contributed by atoms with van der Waals surface area (Å²) in [4.78, 5) is 16.1. The number of rotatable bonds is 24. The lowest BCUT2D eigenvalue weighted by molar-refractivity contribution is -0.443. The van der Waals surface area contributed by atoms with Crippen molar-refractivity contribution < 1.29 is 43.6 Å². The molecule has 60 heavy (non-hydrogen) atoms. The van der Waals surface area contributed by atoms with Crippen LogP contribution < -0.4 is 9.64 Å². The second-order valence-corrected chi connectivity index (χ2v) is 15.5. The maximum atomic E-state index is 14.1. The number of para-hydroxylation sites is 2. The van der Waals surface area contributed by atoms with Crippen LogP contribution in [0.5, 0.6) is 11.5 Å². The van der Waals surface area contributed by atoms with Crippen LogP contribution >= 0.6 is 0 Å². The molecular formula is C50H65N2O8+. The molecule has 0 saturated heterocycles. The van der Waals surface area contributed by atoms with Gasteiger partial charge in [-0.25, -0.2) is 0 Å². The number of nitrogens with zero attached hydrogens (tertiary/aromatic N) is 2. The fourth-order valence-electron chi connectivity index (χ4n) is 7.81. The van der Waals surface area contributed by atoms with Crippen molar-refractivity contribution in [1.29, 1.82) is 0 Å². The predicted octanol–water partition coefficient (Wildman–Crippen LogP) is 10.9. The highest BCUT2D eigenvalue weighted by Crippen LogP contribution is 2.49. The van der Waals surface area contributed by atoms with Crippen LogP contribution in [0, 0.1) is 11.8 Å². The van der Waals surface area contributed by atoms with E-state index in [4.69, 9.17) is 18.9 Å². The molecule has 0 saturated carbocycles. The summed E-state index contributed by atoms with van der Waals surface area (Å²) in [6.07, 6.45) is 12.4. The Balaban J connectivity index is 1.45. The van der Waals surface area contributed by atoms with Gasteiger partial charge in [0.15, 0.2) is 6.54 Å². The third kappa shape index (κ3) is 11.1. The van der Waals surface area contributed by atoms with E-state index < -0.39 is 5.78 Å². The van der Waals surface area contributed by atoms with E-state index in [0.717, 1.165) is 49.9 Å². The number of hydrogen-bond donors (Lipinski definition) is 3. The van der Waals surface area contributed by atoms with Gasteiger partial charge in [-0.15, -0.1) is 0 Å². The molecule has 10 nitrogen and oxygen atoms in total. The highest BCUT2D eigenvalue weighted by Gasteiger charge is 2.43. The minimum Gasteiger partial charge on any atom is -0.507 e. The van der Waals surface area contributed by atoms with Gasteiger partial charge < -0.3 is 39.2 Å². The van der Waals surface area contributed by atoms with Crippen LogP contribution in [0.15, 0.2) is 113 Å². The SMILES string of the molecule is CCCCC(CC)COCCN(c1ccccc1)c1cc(O)c(C2=C(O)/C(=C3/C(O)=CC(=[N+](CCOCC(CC)CCCC)c4ccccc4)C=C3OC)C2=O)c(OC)c1. The molecule has 0 radical (unpaired) electrons. The zero-order valence-electron chi connectivity index (χ0n) is 36.4. The van der Waals surface area contributed by atoms with Crippen molar-refractivity contribution in [3.63, 3.8) is 0 Å². The van der Waals surface area contributed by atoms with Crippen LogP contribution in [-0.2, 0) is 19.0 Å². The molecule has 0 aromatic heterocycles. The summed E-state index contributed by atoms with van der Waals surface area (Å²) in [5, 5.41) is 34.8. The van der Waals surface area contributed by atoms with Gasteiger partial charge in [0.05, 0.1) is 55.3 Å². The van der Waals surface area contributed by atoms with Crippen LogP contribution in [0.2, 0.25) is 0 Å². The molecule has 3 aromatic carbocycles. The summed E-state index contributed by atoms with van der Waals surface area (Å²) >= 11 is 0. The number of hydrogen-bond acceptors (Lipinski definition) is 9. The number of phenolic OH excluding ortho intramolecular Hbond substituents is 1. The van der Waals surface area contributed by atoms with Crippen molar-refractivity contribution in [2.75, 3.05) is 58.6 Å². The largest absolute Gasteiger partial charge is 0.507 e. The summed E-state index contributed by atoms with van der Waals surface area (Å²) in [5.74, 6) is -0.0152. The van der Waals surface area contributed by atoms with Crippen LogP contribution in [0.4, 0.5) is 17.1 Å². The lowest BCUT2D eigenvalue weighted by atomic mass is 9.78. The number of aromatic hydroxyl groups is 1. The van der Waals surface area contributed by atoms with E-state index in [1.54, 1.807) is 24.3 Å². The van der Waals surface area contributed by atoms with E-state index in [0.29, 0.717) is 62.8 Å². The summed E-state index contributed by atoms with van der Waals surface area (Å²) in [6.45, 7) is 12.1. The predicted molar refractivity (Wildman–Crippen MR) is 240 cm³/mol. The normalized spacial score (nSPS) is 17.1. The topological polar surface area (TPSA) is 121 Å². The molecule has 2 aliphatic carbocycles. The van der Waals surface area contributed by atoms with Crippen molar-refractivity contribution >= 4 is 34.1 Å². The standard InChI is InChI=1S/C50H64N2O8/c1-7-11-19-35(9-3)33-59-27-25-51(37-21-15-13-16-22-37)39-29-41(53)45(43(31-39)57-5)47-49(55)48(50(47)56)46-42(54)30-40(32-44(46)58-6)52(38-23-17-14-18-24-38)26-28-60-34-36(10-4)20-12-8-2/h13-18,21-24,29-32,35-36H,7-12,19-20,25-28,33-34H2,1-6H3,(H2,53,54,55,56)/p+1. The van der Waals surface area contributed by atoms with Gasteiger partial charge in [-0.05, 0) is 36.8 Å². The molecule has 0 aliphatic heterocycles. The number of ketones is 1. The quantitative estimate of drug-likeness (QED) is 0.0461. The summed E-state index contributed by atoms with van der Waals surface area (Å²) < 4.78 is 25.9. The molecule has 10 heteroatoms. The third-order valence-electron chi connectivity index (χ3n) is 11.5. The average Bonchev–Trinajstić information content (AvgIpc) is 3.27. The lowest BCUT2D eigenvalue weighted by Crippen LogP contribution is -2.27. The molecule has 0 bridgehead atoms. The number of Topliss-reactive ketones (excluding diaryl/α,β-unsaturated/α-hetero) is 1. The number of allylic oxidation sites excluding steroid dienone is 4. The van der Waals surface area contributed by atoms with Crippen molar-refractivity contribution in [2.24, 2.45) is 11.8 Å². The number of aliphatic hydroxyl groups is 2. The molecule has 0 amide bonds. The first-order valence-corrected chi connectivity index (χ1v) is 21.7. The smallest absolute Gasteiger partial charge is 0.213 e. The Kier molecular flexibility index (Phi) is 17.5. The first-order valence-electron chi connectivity index (χ1n) is 21.7. The Morgan fingerprint density at radius 1 is 0.700 bits per heavy atom. The average molecular weight is 822 g/mol. The van der Waals surface area contributed by atoms with Gasteiger partial charge in [0.25, 0.3) is 0 Å². The van der Waals surface area contributed by atoms with Gasteiger partial charge in [0, 0.05) is 55.4 Å². The highest BCUT2D eigenvalue weighted by molar-refractivity contribution is 6.40. The van der Waals surface area contributed by atoms with Crippen LogP contribution in [0.3, 0.4) is 0 Å². The number of carbonyl (C=O) groups is 1. The monoisotopic (exact) mass is 821 g/mol. The van der Waals surface area contributed by atoms with E-state index in [1.807, 2.05) is 70.1 Å². The van der Waals surface area contributed by atoms with Gasteiger partial charge in [0.1, 0.15) is 35.4 Å². The fourth-order valence-corrected chi connectivity index (χ4v) is 7.81. The van der Waals surface area contributed by atoms with Crippen LogP contribution in [0.25, 0.3) is 5.57 Å². The van der Waals surface area contributed by atoms with E-state index in [1.165, 1.54) is 27.1 Å². The van der Waals surface area contributed by atoms with Gasteiger partial charge in [-0.2, -0.15) is 4.58 Å². The number of ether oxygens (including phenoxy) is 4. The Morgan fingerprint density at radius 2 is 1.32 bits per heavy atom. The fraction of sp³-hybridized carbons (Fsp3) is 0.440. The van der Waals surface area contributed by atoms with E-state index in [-0.39, 0.29) is 51.1 Å². The molecule has 3 N–H and O–H groups in total. The number of unbranched alkanes of at least 4 members (excludes halogenated alkanes) is 2. The van der Waals surface area contributed by atoms with Crippen LogP contribution in [-0.4, -0.2) is 85.1 Å². The molecule has 0 fully saturated rings. The maximum absolute atomic E-state index is 14.1. The number of anilines is 2. The molecule has 2 unspecified atom stereocenters. The highest BCUT2D eigenvalue weighted by atomic mass is 16.5. The number of methoxy groups -OCH3 is 2. The molecule has 5 rings (SSSR count). The molecule has 322 valence electrons. The number of aliphatic hydroxyl groups excluding tert-OH is 2. The Morgan fingerprint density at radius 3 is 1.88 bits per heavy atom. The Bertz CT molecular complexity index is 2050. The summed E-state index contributed by atoms with van der Waals surface area (Å²) in [6, 6.07) is 22.9. The molecule has 3 aromatic rings. The summed E-state index contributed by atoms with van der Waals surface area (Å²) in [7, 11) is 2.91. The zero-order valence-corrected chi connectivity index (χ0v) is 36.4. The molecule has 0 spiro atoms. The minimum atomic E-state index is -0.570. The zero-order chi connectivity index (χ0) is 43.0. The van der Waals surface area contributed by atoms with Gasteiger partial charge in [0.2, 0.25) is 17.2 Å². The Hall–Kier alpha value is -5.32. The first kappa shape index (κ1) is 45.8. The van der Waals surface area contributed by atoms with Crippen LogP contribution in [0.1, 0.15) is 84.6 Å². The van der Waals surface area contributed by atoms with E-state index >= 15 is 0 Å². The molecular weight excluding hydrogens is 757 g/mol. The van der Waals surface area contributed by atoms with Crippen molar-refractivity contribution in [2.45, 2.75) is 79.1 Å². The molecule has 0 heterocycles. The molecule has 2 atom stereocenters. The minimum absolute atomic E-state index is 0.0591. The second-order valence-electron chi connectivity index (χ2n) is 15.5. The maximum Gasteiger partial charge on any atom is 0.213 e. The van der Waals surface area contributed by atoms with Gasteiger partial charge in [-0.3, -0.25) is 4.79 Å². The van der Waals surface area contributed by atoms with Crippen molar-refractivity contribution in [1.82, 2.24) is 0 Å². The number of carbonyl (C=O) groups excluding carboxylic acids is 1. The van der Waals surface area contributed by atoms with Gasteiger partial charge in [-0.1, -0.05) is 103 Å². The third-order valence-corrected chi connectivity index (χ3v) is 11.5. The van der Waals surface area contributed by atoms with Crippen molar-refractivity contribution in [3.8, 4) is 11.5 Å².